The minimum atomic E-state index is -5.55. The van der Waals surface area contributed by atoms with Crippen LogP contribution < -0.4 is 9.47 Å². The van der Waals surface area contributed by atoms with Crippen molar-refractivity contribution in [1.82, 2.24) is 0 Å². The maximum Gasteiger partial charge on any atom is 0.432 e. The van der Waals surface area contributed by atoms with Crippen LogP contribution in [-0.2, 0) is 82.0 Å². The van der Waals surface area contributed by atoms with Crippen molar-refractivity contribution in [2.75, 3.05) is 28.4 Å². The van der Waals surface area contributed by atoms with Crippen molar-refractivity contribution < 1.29 is 112 Å². The summed E-state index contributed by atoms with van der Waals surface area (Å²) in [5, 5.41) is 22.7. The van der Waals surface area contributed by atoms with Crippen LogP contribution in [0.25, 0.3) is 5.57 Å². The van der Waals surface area contributed by atoms with Gasteiger partial charge in [-0.1, -0.05) is 115 Å². The van der Waals surface area contributed by atoms with Crippen LogP contribution in [0.15, 0.2) is 139 Å². The van der Waals surface area contributed by atoms with E-state index in [4.69, 9.17) is 37.9 Å². The molecule has 5 aromatic rings. The predicted molar refractivity (Wildman–Crippen MR) is 252 cm³/mol. The number of methoxy groups -OCH3 is 4. The number of aliphatic hydroxyl groups excluding tert-OH is 1. The number of carbonyl (C=O) groups is 5. The molecular formula is C54H47F9O15. The molecule has 1 heterocycles. The number of hydrogen-bond donors (Lipinski definition) is 2. The van der Waals surface area contributed by atoms with Crippen molar-refractivity contribution >= 4 is 35.4 Å². The van der Waals surface area contributed by atoms with Crippen LogP contribution in [0.2, 0.25) is 0 Å². The summed E-state index contributed by atoms with van der Waals surface area (Å²) in [7, 11) is 2.59. The van der Waals surface area contributed by atoms with Gasteiger partial charge in [0.15, 0.2) is 0 Å². The second kappa shape index (κ2) is 22.3. The average Bonchev–Trinajstić information content (AvgIpc) is 3.73. The highest BCUT2D eigenvalue weighted by Gasteiger charge is 2.67. The number of aliphatic hydroxyl groups is 2. The van der Waals surface area contributed by atoms with Gasteiger partial charge >= 0.3 is 48.4 Å². The van der Waals surface area contributed by atoms with Gasteiger partial charge in [-0.2, -0.15) is 39.5 Å². The number of hydrogen-bond acceptors (Lipinski definition) is 15. The lowest BCUT2D eigenvalue weighted by Crippen LogP contribution is -2.54. The molecule has 416 valence electrons. The van der Waals surface area contributed by atoms with E-state index in [1.165, 1.54) is 30.3 Å². The van der Waals surface area contributed by atoms with Crippen LogP contribution >= 0.6 is 0 Å². The van der Waals surface area contributed by atoms with Crippen LogP contribution in [0, 0.1) is 0 Å². The minimum Gasteiger partial charge on any atom is -0.502 e. The first-order chi connectivity index (χ1) is 36.4. The van der Waals surface area contributed by atoms with Crippen LogP contribution in [0.3, 0.4) is 0 Å². The molecule has 2 N–H and O–H groups in total. The summed E-state index contributed by atoms with van der Waals surface area (Å²) < 4.78 is 175. The Morgan fingerprint density at radius 2 is 1.01 bits per heavy atom. The lowest BCUT2D eigenvalue weighted by Gasteiger charge is -2.36. The van der Waals surface area contributed by atoms with Gasteiger partial charge in [0, 0.05) is 50.9 Å². The second-order valence-corrected chi connectivity index (χ2v) is 17.9. The van der Waals surface area contributed by atoms with E-state index in [1.54, 1.807) is 0 Å². The Morgan fingerprint density at radius 3 is 1.41 bits per heavy atom. The van der Waals surface area contributed by atoms with Crippen molar-refractivity contribution in [3.63, 3.8) is 0 Å². The van der Waals surface area contributed by atoms with E-state index in [2.05, 4.69) is 0 Å². The van der Waals surface area contributed by atoms with Gasteiger partial charge in [0.1, 0.15) is 17.6 Å². The van der Waals surface area contributed by atoms with E-state index in [0.717, 1.165) is 124 Å². The first-order valence-corrected chi connectivity index (χ1v) is 22.8. The van der Waals surface area contributed by atoms with Crippen LogP contribution in [0.4, 0.5) is 39.5 Å². The van der Waals surface area contributed by atoms with E-state index in [1.807, 2.05) is 0 Å². The van der Waals surface area contributed by atoms with Crippen LogP contribution in [0.5, 0.6) is 11.5 Å². The molecule has 0 saturated heterocycles. The molecule has 0 fully saturated rings. The number of esters is 5. The molecule has 0 spiro atoms. The van der Waals surface area contributed by atoms with Gasteiger partial charge in [-0.05, 0) is 48.7 Å². The third-order valence-corrected chi connectivity index (χ3v) is 12.7. The summed E-state index contributed by atoms with van der Waals surface area (Å²) in [5.41, 5.74) is -20.3. The number of carbonyl (C=O) groups excluding carboxylic acids is 5. The van der Waals surface area contributed by atoms with E-state index >= 15 is 26.3 Å². The van der Waals surface area contributed by atoms with E-state index in [9.17, 15) is 47.4 Å². The molecule has 1 aliphatic heterocycles. The molecule has 0 bridgehead atoms. The molecule has 5 atom stereocenters. The van der Waals surface area contributed by atoms with E-state index in [-0.39, 0.29) is 11.1 Å². The quantitative estimate of drug-likeness (QED) is 0.0343. The number of rotatable bonds is 19. The normalized spacial score (nSPS) is 17.9. The van der Waals surface area contributed by atoms with Gasteiger partial charge in [0.2, 0.25) is 11.4 Å². The van der Waals surface area contributed by atoms with Crippen molar-refractivity contribution in [3.05, 3.63) is 173 Å². The van der Waals surface area contributed by atoms with Gasteiger partial charge in [-0.15, -0.1) is 0 Å². The van der Waals surface area contributed by atoms with Crippen LogP contribution in [-0.4, -0.2) is 104 Å². The first kappa shape index (κ1) is 59.4. The van der Waals surface area contributed by atoms with Gasteiger partial charge in [0.05, 0.1) is 18.3 Å². The number of benzene rings is 5. The zero-order valence-corrected chi connectivity index (χ0v) is 41.8. The number of alkyl halides is 9. The highest BCUT2D eigenvalue weighted by Crippen LogP contribution is 2.48. The molecule has 0 aliphatic carbocycles. The topological polar surface area (TPSA) is 200 Å². The van der Waals surface area contributed by atoms with Gasteiger partial charge < -0.3 is 48.1 Å². The monoisotopic (exact) mass is 1110 g/mol. The average molecular weight is 1110 g/mol. The van der Waals surface area contributed by atoms with Crippen molar-refractivity contribution in [2.45, 2.75) is 79.3 Å². The lowest BCUT2D eigenvalue weighted by atomic mass is 9.82. The Balaban J connectivity index is 1.47. The SMILES string of the molecule is COC(=O)[C@]1(Cc2ccc(OC(=O)[C@](OC)(c3ccccc3)C(F)(F)F)c(C[C@H](OC(=O)[C@](OC)(c3ccccc3)C(F)(F)F)C(C)(C)O)c2)OC(=O)C(O)=C1c1ccc(OC(=O)[C@](OC)(c2ccccc2)C(F)(F)F)cc1. The maximum atomic E-state index is 15.1. The molecule has 15 nitrogen and oxygen atoms in total. The summed E-state index contributed by atoms with van der Waals surface area (Å²) in [6.45, 7) is 1.98. The first-order valence-electron chi connectivity index (χ1n) is 22.8. The molecular weight excluding hydrogens is 1060 g/mol. The predicted octanol–water partition coefficient (Wildman–Crippen LogP) is 9.02. The molecule has 0 radical (unpaired) electrons. The minimum absolute atomic E-state index is 0.228. The summed E-state index contributed by atoms with van der Waals surface area (Å²) >= 11 is 0. The fourth-order valence-electron chi connectivity index (χ4n) is 8.76. The zero-order chi connectivity index (χ0) is 57.9. The molecule has 0 amide bonds. The third-order valence-electron chi connectivity index (χ3n) is 12.7. The Kier molecular flexibility index (Phi) is 17.0. The smallest absolute Gasteiger partial charge is 0.432 e. The summed E-state index contributed by atoms with van der Waals surface area (Å²) in [5.74, 6) is -11.7. The summed E-state index contributed by atoms with van der Waals surface area (Å²) in [6.07, 6.45) is -20.5. The fraction of sp³-hybridized carbons (Fsp3) is 0.315. The molecule has 0 aromatic heterocycles. The lowest BCUT2D eigenvalue weighted by molar-refractivity contribution is -0.281. The Morgan fingerprint density at radius 1 is 0.590 bits per heavy atom. The third kappa shape index (κ3) is 10.8. The van der Waals surface area contributed by atoms with Crippen molar-refractivity contribution in [3.8, 4) is 11.5 Å². The fourth-order valence-corrected chi connectivity index (χ4v) is 8.76. The molecule has 24 heteroatoms. The maximum absolute atomic E-state index is 15.1. The highest BCUT2D eigenvalue weighted by atomic mass is 19.4. The standard InChI is InChI=1S/C54H47F9O15/c1-47(2,70)39(77-46(69)51(74-6,54(61,62)63)36-20-14-9-15-21-36)29-33-28-31(22-27-38(33)76-45(68)50(73-5,53(58,59)60)35-18-12-8-13-19-35)30-48(43(66)71-3)40(41(64)42(65)78-48)32-23-25-37(26-24-32)75-44(67)49(72-4,52(55,56)57)34-16-10-7-11-17-34/h7-28,39,64,70H,29-30H2,1-6H3/t39-,48+,49+,50+,51+/m0/s1. The number of halogens is 9. The number of ether oxygens (including phenoxy) is 8. The Hall–Kier alpha value is -7.80. The number of cyclic esters (lactones) is 1. The largest absolute Gasteiger partial charge is 0.502 e. The molecule has 0 unspecified atom stereocenters. The molecule has 6 rings (SSSR count). The summed E-state index contributed by atoms with van der Waals surface area (Å²) in [6, 6.07) is 23.4. The van der Waals surface area contributed by atoms with Crippen molar-refractivity contribution in [2.24, 2.45) is 0 Å². The van der Waals surface area contributed by atoms with Gasteiger partial charge in [0.25, 0.3) is 16.8 Å². The van der Waals surface area contributed by atoms with E-state index < -0.39 is 140 Å². The molecule has 1 aliphatic rings. The summed E-state index contributed by atoms with van der Waals surface area (Å²) in [4.78, 5) is 68.7. The molecule has 78 heavy (non-hydrogen) atoms. The van der Waals surface area contributed by atoms with Gasteiger partial charge in [-0.25, -0.2) is 24.0 Å². The van der Waals surface area contributed by atoms with Gasteiger partial charge in [-0.3, -0.25) is 0 Å². The van der Waals surface area contributed by atoms with E-state index in [0.29, 0.717) is 21.3 Å². The second-order valence-electron chi connectivity index (χ2n) is 17.9. The van der Waals surface area contributed by atoms with Crippen LogP contribution in [0.1, 0.15) is 47.2 Å². The van der Waals surface area contributed by atoms with Crippen molar-refractivity contribution in [1.29, 1.82) is 0 Å². The molecule has 5 aromatic carbocycles. The Bertz CT molecular complexity index is 3030. The zero-order valence-electron chi connectivity index (χ0n) is 41.8. The molecule has 0 saturated carbocycles. The highest BCUT2D eigenvalue weighted by molar-refractivity contribution is 6.11. The Labute approximate surface area is 438 Å².